The fourth-order valence-corrected chi connectivity index (χ4v) is 4.14. The van der Waals surface area contributed by atoms with E-state index < -0.39 is 0 Å². The molecule has 1 aliphatic rings. The Labute approximate surface area is 201 Å². The van der Waals surface area contributed by atoms with Gasteiger partial charge in [0.05, 0.1) is 0 Å². The smallest absolute Gasteiger partial charge is 0.198 e. The number of rotatable bonds is 8. The molecule has 34 heavy (non-hydrogen) atoms. The molecule has 5 heteroatoms. The highest BCUT2D eigenvalue weighted by Crippen LogP contribution is 2.28. The average Bonchev–Trinajstić information content (AvgIpc) is 2.87. The molecule has 176 valence electrons. The molecular formula is C29H32N2O3. The largest absolute Gasteiger partial charge is 0.623 e. The highest BCUT2D eigenvalue weighted by molar-refractivity contribution is 5.56. The van der Waals surface area contributed by atoms with Gasteiger partial charge in [0.25, 0.3) is 0 Å². The number of para-hydroxylation sites is 2. The van der Waals surface area contributed by atoms with Gasteiger partial charge < -0.3 is 25.3 Å². The average molecular weight is 457 g/mol. The molecule has 5 nitrogen and oxygen atoms in total. The normalized spacial score (nSPS) is 19.4. The van der Waals surface area contributed by atoms with Gasteiger partial charge in [0.1, 0.15) is 22.9 Å². The Morgan fingerprint density at radius 2 is 1.35 bits per heavy atom. The van der Waals surface area contributed by atoms with Crippen LogP contribution in [0.25, 0.3) is 0 Å². The lowest BCUT2D eigenvalue weighted by Gasteiger charge is -2.28. The van der Waals surface area contributed by atoms with Crippen molar-refractivity contribution in [3.8, 4) is 5.75 Å². The van der Waals surface area contributed by atoms with E-state index in [9.17, 15) is 10.4 Å². The maximum atomic E-state index is 13.3. The van der Waals surface area contributed by atoms with Crippen molar-refractivity contribution in [1.29, 1.82) is 0 Å². The number of allylic oxidation sites excluding steroid dienone is 4. The third-order valence-corrected chi connectivity index (χ3v) is 6.44. The van der Waals surface area contributed by atoms with Crippen molar-refractivity contribution >= 4 is 22.7 Å². The maximum absolute atomic E-state index is 13.3. The van der Waals surface area contributed by atoms with Crippen LogP contribution in [-0.4, -0.2) is 0 Å². The van der Waals surface area contributed by atoms with E-state index in [2.05, 4.69) is 26.8 Å². The topological polar surface area (TPSA) is 64.2 Å². The first-order valence-electron chi connectivity index (χ1n) is 11.9. The molecule has 0 radical (unpaired) electrons. The standard InChI is InChI=1S/C29H32N2O3/c1-4-8-23-13-15-24(16-14-23)30(32)27-10-5-6-11-28(27)31(33)25-17-19-26(20-18-25)34-29-12-7-9-21(2)22(29)3/h5-7,9-22,30-31H,4,8H2,1-3H3. The first kappa shape index (κ1) is 23.9. The maximum Gasteiger partial charge on any atom is 0.198 e. The summed E-state index contributed by atoms with van der Waals surface area (Å²) in [5.41, 5.74) is 3.13. The van der Waals surface area contributed by atoms with E-state index >= 15 is 0 Å². The van der Waals surface area contributed by atoms with Gasteiger partial charge >= 0.3 is 0 Å². The Morgan fingerprint density at radius 1 is 0.794 bits per heavy atom. The predicted octanol–water partition coefficient (Wildman–Crippen LogP) is 5.44. The number of quaternary nitrogens is 2. The fraction of sp³-hybridized carbons (Fsp3) is 0.241. The van der Waals surface area contributed by atoms with Crippen LogP contribution in [0.1, 0.15) is 32.8 Å². The molecule has 1 aliphatic carbocycles. The van der Waals surface area contributed by atoms with Crippen molar-refractivity contribution in [3.05, 3.63) is 113 Å². The molecule has 3 aromatic carbocycles. The second-order valence-electron chi connectivity index (χ2n) is 8.88. The monoisotopic (exact) mass is 456 g/mol. The van der Waals surface area contributed by atoms with E-state index in [1.54, 1.807) is 48.5 Å². The van der Waals surface area contributed by atoms with Crippen LogP contribution in [0.5, 0.6) is 5.75 Å². The van der Waals surface area contributed by atoms with E-state index in [1.807, 2.05) is 36.4 Å². The SMILES string of the molecule is CCCc1ccc([NH+]([O-])c2ccccc2[NH+]([O-])c2ccc(OC3=CC=CC(C)C3C)cc2)cc1. The van der Waals surface area contributed by atoms with Gasteiger partial charge in [-0.2, -0.15) is 0 Å². The van der Waals surface area contributed by atoms with Crippen LogP contribution in [0.15, 0.2) is 96.8 Å². The van der Waals surface area contributed by atoms with Crippen LogP contribution in [-0.2, 0) is 6.42 Å². The Balaban J connectivity index is 1.53. The van der Waals surface area contributed by atoms with Crippen molar-refractivity contribution in [2.24, 2.45) is 11.8 Å². The van der Waals surface area contributed by atoms with Gasteiger partial charge in [-0.15, -0.1) is 0 Å². The molecule has 0 bridgehead atoms. The summed E-state index contributed by atoms with van der Waals surface area (Å²) >= 11 is 0. The summed E-state index contributed by atoms with van der Waals surface area (Å²) in [6.07, 6.45) is 8.21. The molecule has 0 spiro atoms. The van der Waals surface area contributed by atoms with Gasteiger partial charge in [-0.3, -0.25) is 0 Å². The van der Waals surface area contributed by atoms with Crippen molar-refractivity contribution in [2.75, 3.05) is 0 Å². The second-order valence-corrected chi connectivity index (χ2v) is 8.88. The molecule has 0 heterocycles. The zero-order valence-electron chi connectivity index (χ0n) is 20.0. The summed E-state index contributed by atoms with van der Waals surface area (Å²) in [6.45, 7) is 6.44. The van der Waals surface area contributed by atoms with E-state index in [0.29, 0.717) is 40.3 Å². The summed E-state index contributed by atoms with van der Waals surface area (Å²) < 4.78 is 6.07. The van der Waals surface area contributed by atoms with Gasteiger partial charge in [-0.1, -0.05) is 63.6 Å². The van der Waals surface area contributed by atoms with Crippen molar-refractivity contribution < 1.29 is 14.9 Å². The molecule has 0 fully saturated rings. The van der Waals surface area contributed by atoms with Gasteiger partial charge in [0.2, 0.25) is 0 Å². The molecule has 3 aromatic rings. The number of hydrogen-bond donors (Lipinski definition) is 2. The minimum atomic E-state index is -0.181. The predicted molar refractivity (Wildman–Crippen MR) is 137 cm³/mol. The van der Waals surface area contributed by atoms with Crippen LogP contribution in [0.3, 0.4) is 0 Å². The van der Waals surface area contributed by atoms with Gasteiger partial charge in [0, 0.05) is 42.3 Å². The van der Waals surface area contributed by atoms with Crippen molar-refractivity contribution in [2.45, 2.75) is 33.6 Å². The molecular weight excluding hydrogens is 424 g/mol. The first-order chi connectivity index (χ1) is 16.5. The van der Waals surface area contributed by atoms with E-state index in [0.717, 1.165) is 18.6 Å². The second kappa shape index (κ2) is 10.8. The van der Waals surface area contributed by atoms with Gasteiger partial charge in [-0.05, 0) is 36.1 Å². The van der Waals surface area contributed by atoms with Crippen molar-refractivity contribution in [1.82, 2.24) is 0 Å². The molecule has 0 aliphatic heterocycles. The van der Waals surface area contributed by atoms with Crippen LogP contribution >= 0.6 is 0 Å². The summed E-state index contributed by atoms with van der Waals surface area (Å²) in [5, 5.41) is 26.2. The lowest BCUT2D eigenvalue weighted by molar-refractivity contribution is -0.731. The van der Waals surface area contributed by atoms with E-state index in [-0.39, 0.29) is 10.1 Å². The molecule has 0 aromatic heterocycles. The van der Waals surface area contributed by atoms with E-state index in [1.165, 1.54) is 5.56 Å². The molecule has 4 rings (SSSR count). The molecule has 4 atom stereocenters. The molecule has 0 saturated carbocycles. The van der Waals surface area contributed by atoms with Gasteiger partial charge in [0.15, 0.2) is 11.4 Å². The Kier molecular flexibility index (Phi) is 7.60. The van der Waals surface area contributed by atoms with Crippen LogP contribution in [0.4, 0.5) is 22.7 Å². The molecule has 0 amide bonds. The number of aryl methyl sites for hydroxylation is 1. The number of benzene rings is 3. The van der Waals surface area contributed by atoms with Crippen molar-refractivity contribution in [3.63, 3.8) is 0 Å². The lowest BCUT2D eigenvalue weighted by atomic mass is 9.90. The van der Waals surface area contributed by atoms with Gasteiger partial charge in [-0.25, -0.2) is 0 Å². The number of nitrogens with one attached hydrogen (secondary N) is 2. The quantitative estimate of drug-likeness (QED) is 0.444. The number of ether oxygens (including phenoxy) is 1. The van der Waals surface area contributed by atoms with Crippen LogP contribution < -0.4 is 14.9 Å². The van der Waals surface area contributed by atoms with Crippen LogP contribution in [0.2, 0.25) is 0 Å². The third-order valence-electron chi connectivity index (χ3n) is 6.44. The lowest BCUT2D eigenvalue weighted by Crippen LogP contribution is -3.02. The van der Waals surface area contributed by atoms with E-state index in [4.69, 9.17) is 4.74 Å². The Morgan fingerprint density at radius 3 is 1.91 bits per heavy atom. The molecule has 4 unspecified atom stereocenters. The summed E-state index contributed by atoms with van der Waals surface area (Å²) in [6, 6.07) is 21.8. The first-order valence-corrected chi connectivity index (χ1v) is 11.9. The Bertz CT molecular complexity index is 1150. The molecule has 2 N–H and O–H groups in total. The highest BCUT2D eigenvalue weighted by Gasteiger charge is 2.21. The fourth-order valence-electron chi connectivity index (χ4n) is 4.14. The number of hydrogen-bond acceptors (Lipinski definition) is 3. The third kappa shape index (κ3) is 5.29. The molecule has 0 saturated heterocycles. The highest BCUT2D eigenvalue weighted by atomic mass is 16.5. The summed E-state index contributed by atoms with van der Waals surface area (Å²) in [4.78, 5) is 0. The summed E-state index contributed by atoms with van der Waals surface area (Å²) in [7, 11) is 0. The van der Waals surface area contributed by atoms with Crippen LogP contribution in [0, 0.1) is 22.3 Å². The minimum absolute atomic E-state index is 0.146. The zero-order valence-corrected chi connectivity index (χ0v) is 20.0. The minimum Gasteiger partial charge on any atom is -0.623 e. The summed E-state index contributed by atoms with van der Waals surface area (Å²) in [5.74, 6) is 2.31. The zero-order chi connectivity index (χ0) is 24.1. The Hall–Kier alpha value is -3.22.